The molecule has 6 heteroatoms. The summed E-state index contributed by atoms with van der Waals surface area (Å²) in [6.45, 7) is 3.95. The summed E-state index contributed by atoms with van der Waals surface area (Å²) in [6, 6.07) is 3.38. The summed E-state index contributed by atoms with van der Waals surface area (Å²) in [4.78, 5) is 0. The van der Waals surface area contributed by atoms with Crippen molar-refractivity contribution >= 4 is 33.0 Å². The molecular formula is C11H16ClNO2S2. The molecule has 0 amide bonds. The zero-order chi connectivity index (χ0) is 12.6. The highest BCUT2D eigenvalue weighted by Crippen LogP contribution is 2.33. The van der Waals surface area contributed by atoms with Gasteiger partial charge in [0.2, 0.25) is 0 Å². The van der Waals surface area contributed by atoms with E-state index in [1.807, 2.05) is 13.8 Å². The quantitative estimate of drug-likeness (QED) is 0.838. The SMILES string of the molecule is CC1CCCC(C)N1S(=O)(=O)c1ccc(Cl)s1. The Hall–Kier alpha value is -0.100. The number of sulfonamides is 1. The van der Waals surface area contributed by atoms with Gasteiger partial charge >= 0.3 is 0 Å². The third-order valence-electron chi connectivity index (χ3n) is 3.19. The van der Waals surface area contributed by atoms with E-state index in [-0.39, 0.29) is 12.1 Å². The summed E-state index contributed by atoms with van der Waals surface area (Å²) in [7, 11) is -3.37. The Morgan fingerprint density at radius 1 is 1.29 bits per heavy atom. The second-order valence-electron chi connectivity index (χ2n) is 4.52. The predicted octanol–water partition coefficient (Wildman–Crippen LogP) is 3.35. The van der Waals surface area contributed by atoms with Gasteiger partial charge in [-0.1, -0.05) is 18.0 Å². The Morgan fingerprint density at radius 2 is 1.88 bits per heavy atom. The van der Waals surface area contributed by atoms with Crippen molar-refractivity contribution in [2.45, 2.75) is 49.4 Å². The molecule has 0 bridgehead atoms. The van der Waals surface area contributed by atoms with Gasteiger partial charge in [-0.25, -0.2) is 8.42 Å². The van der Waals surface area contributed by atoms with E-state index in [0.29, 0.717) is 8.55 Å². The molecule has 3 nitrogen and oxygen atoms in total. The van der Waals surface area contributed by atoms with Crippen molar-refractivity contribution in [3.8, 4) is 0 Å². The van der Waals surface area contributed by atoms with Gasteiger partial charge in [0, 0.05) is 12.1 Å². The van der Waals surface area contributed by atoms with Crippen LogP contribution in [0.4, 0.5) is 0 Å². The van der Waals surface area contributed by atoms with Gasteiger partial charge in [0.25, 0.3) is 10.0 Å². The van der Waals surface area contributed by atoms with Crippen molar-refractivity contribution in [3.05, 3.63) is 16.5 Å². The molecule has 1 aromatic rings. The van der Waals surface area contributed by atoms with E-state index in [0.717, 1.165) is 30.6 Å². The van der Waals surface area contributed by atoms with Gasteiger partial charge < -0.3 is 0 Å². The van der Waals surface area contributed by atoms with Gasteiger partial charge in [-0.2, -0.15) is 4.31 Å². The number of halogens is 1. The summed E-state index contributed by atoms with van der Waals surface area (Å²) in [5, 5.41) is 0. The summed E-state index contributed by atoms with van der Waals surface area (Å²) in [5.41, 5.74) is 0. The lowest BCUT2D eigenvalue weighted by atomic mass is 10.0. The number of rotatable bonds is 2. The monoisotopic (exact) mass is 293 g/mol. The van der Waals surface area contributed by atoms with E-state index in [4.69, 9.17) is 11.6 Å². The first-order valence-corrected chi connectivity index (χ1v) is 8.35. The Bertz CT molecular complexity index is 487. The van der Waals surface area contributed by atoms with Crippen LogP contribution in [0.1, 0.15) is 33.1 Å². The molecule has 0 saturated carbocycles. The van der Waals surface area contributed by atoms with Crippen LogP contribution in [0.3, 0.4) is 0 Å². The largest absolute Gasteiger partial charge is 0.253 e. The smallest absolute Gasteiger partial charge is 0.206 e. The summed E-state index contributed by atoms with van der Waals surface area (Å²) >= 11 is 6.94. The number of hydrogen-bond acceptors (Lipinski definition) is 3. The predicted molar refractivity (Wildman–Crippen MR) is 71.1 cm³/mol. The highest BCUT2D eigenvalue weighted by atomic mass is 35.5. The fourth-order valence-electron chi connectivity index (χ4n) is 2.41. The number of hydrogen-bond donors (Lipinski definition) is 0. The summed E-state index contributed by atoms with van der Waals surface area (Å²) in [5.74, 6) is 0. The van der Waals surface area contributed by atoms with Crippen LogP contribution >= 0.6 is 22.9 Å². The maximum atomic E-state index is 12.5. The molecule has 2 unspecified atom stereocenters. The molecule has 2 rings (SSSR count). The number of piperidine rings is 1. The fourth-order valence-corrected chi connectivity index (χ4v) is 5.88. The van der Waals surface area contributed by atoms with Gasteiger partial charge in [0.1, 0.15) is 4.21 Å². The van der Waals surface area contributed by atoms with Crippen molar-refractivity contribution < 1.29 is 8.42 Å². The fraction of sp³-hybridized carbons (Fsp3) is 0.636. The number of nitrogens with zero attached hydrogens (tertiary/aromatic N) is 1. The zero-order valence-electron chi connectivity index (χ0n) is 9.89. The van der Waals surface area contributed by atoms with Gasteiger partial charge in [0.05, 0.1) is 4.34 Å². The van der Waals surface area contributed by atoms with Gasteiger partial charge in [-0.05, 0) is 38.8 Å². The highest BCUT2D eigenvalue weighted by Gasteiger charge is 2.36. The van der Waals surface area contributed by atoms with Crippen LogP contribution in [0, 0.1) is 0 Å². The molecule has 2 atom stereocenters. The zero-order valence-corrected chi connectivity index (χ0v) is 12.3. The molecule has 1 aliphatic heterocycles. The summed E-state index contributed by atoms with van der Waals surface area (Å²) < 4.78 is 27.5. The Kier molecular flexibility index (Phi) is 3.83. The third kappa shape index (κ3) is 2.52. The minimum absolute atomic E-state index is 0.0737. The van der Waals surface area contributed by atoms with Crippen LogP contribution in [0.15, 0.2) is 16.3 Å². The second-order valence-corrected chi connectivity index (χ2v) is 8.31. The molecule has 17 heavy (non-hydrogen) atoms. The van der Waals surface area contributed by atoms with Crippen LogP contribution in [0.2, 0.25) is 4.34 Å². The molecule has 96 valence electrons. The minimum atomic E-state index is -3.37. The molecular weight excluding hydrogens is 278 g/mol. The van der Waals surface area contributed by atoms with Crippen molar-refractivity contribution in [2.24, 2.45) is 0 Å². The highest BCUT2D eigenvalue weighted by molar-refractivity contribution is 7.91. The van der Waals surface area contributed by atoms with Crippen LogP contribution < -0.4 is 0 Å². The first-order valence-electron chi connectivity index (χ1n) is 5.72. The first kappa shape index (κ1) is 13.3. The Morgan fingerprint density at radius 3 is 2.35 bits per heavy atom. The van der Waals surface area contributed by atoms with E-state index in [2.05, 4.69) is 0 Å². The molecule has 1 fully saturated rings. The molecule has 0 radical (unpaired) electrons. The molecule has 0 N–H and O–H groups in total. The van der Waals surface area contributed by atoms with Crippen LogP contribution in [0.5, 0.6) is 0 Å². The lowest BCUT2D eigenvalue weighted by molar-refractivity contribution is 0.204. The lowest BCUT2D eigenvalue weighted by Crippen LogP contribution is -2.47. The average molecular weight is 294 g/mol. The second kappa shape index (κ2) is 4.88. The van der Waals surface area contributed by atoms with E-state index in [9.17, 15) is 8.42 Å². The maximum Gasteiger partial charge on any atom is 0.253 e. The Labute approximate surface area is 111 Å². The molecule has 0 spiro atoms. The molecule has 1 aromatic heterocycles. The van der Waals surface area contributed by atoms with Gasteiger partial charge in [0.15, 0.2) is 0 Å². The van der Waals surface area contributed by atoms with Crippen LogP contribution in [0.25, 0.3) is 0 Å². The average Bonchev–Trinajstić information content (AvgIpc) is 2.64. The maximum absolute atomic E-state index is 12.5. The van der Waals surface area contributed by atoms with Crippen molar-refractivity contribution in [2.75, 3.05) is 0 Å². The van der Waals surface area contributed by atoms with Crippen LogP contribution in [-0.4, -0.2) is 24.8 Å². The molecule has 0 aliphatic carbocycles. The van der Waals surface area contributed by atoms with Gasteiger partial charge in [-0.15, -0.1) is 11.3 Å². The van der Waals surface area contributed by atoms with Crippen molar-refractivity contribution in [3.63, 3.8) is 0 Å². The molecule has 0 aromatic carbocycles. The van der Waals surface area contributed by atoms with E-state index >= 15 is 0 Å². The Balaban J connectivity index is 2.37. The normalized spacial score (nSPS) is 27.2. The molecule has 2 heterocycles. The third-order valence-corrected chi connectivity index (χ3v) is 7.02. The lowest BCUT2D eigenvalue weighted by Gasteiger charge is -2.37. The first-order chi connectivity index (χ1) is 7.93. The number of thiophene rings is 1. The van der Waals surface area contributed by atoms with E-state index in [1.54, 1.807) is 16.4 Å². The minimum Gasteiger partial charge on any atom is -0.206 e. The van der Waals surface area contributed by atoms with E-state index < -0.39 is 10.0 Å². The van der Waals surface area contributed by atoms with E-state index in [1.165, 1.54) is 0 Å². The molecule has 1 saturated heterocycles. The van der Waals surface area contributed by atoms with Crippen molar-refractivity contribution in [1.82, 2.24) is 4.31 Å². The van der Waals surface area contributed by atoms with Crippen LogP contribution in [-0.2, 0) is 10.0 Å². The van der Waals surface area contributed by atoms with Gasteiger partial charge in [-0.3, -0.25) is 0 Å². The summed E-state index contributed by atoms with van der Waals surface area (Å²) in [6.07, 6.45) is 2.96. The molecule has 1 aliphatic rings. The topological polar surface area (TPSA) is 37.4 Å². The van der Waals surface area contributed by atoms with Crippen molar-refractivity contribution in [1.29, 1.82) is 0 Å². The standard InChI is InChI=1S/C11H16ClNO2S2/c1-8-4-3-5-9(2)13(8)17(14,15)11-7-6-10(12)16-11/h6-9H,3-5H2,1-2H3.